The van der Waals surface area contributed by atoms with Crippen molar-refractivity contribution in [2.24, 2.45) is 5.92 Å². The Morgan fingerprint density at radius 3 is 2.60 bits per heavy atom. The van der Waals surface area contributed by atoms with E-state index in [2.05, 4.69) is 13.8 Å². The lowest BCUT2D eigenvalue weighted by Gasteiger charge is -2.09. The van der Waals surface area contributed by atoms with Gasteiger partial charge >= 0.3 is 5.97 Å². The molecule has 1 aromatic rings. The van der Waals surface area contributed by atoms with Crippen molar-refractivity contribution in [3.8, 4) is 5.75 Å². The van der Waals surface area contributed by atoms with Crippen molar-refractivity contribution in [2.75, 3.05) is 26.9 Å². The Morgan fingerprint density at radius 1 is 1.20 bits per heavy atom. The lowest BCUT2D eigenvalue weighted by molar-refractivity contribution is 0.0303. The first-order chi connectivity index (χ1) is 9.54. The molecular weight excluding hydrogens is 256 g/mol. The standard InChI is InChI=1S/C16H24O4/c1-12(2)7-8-19-9-10-20-16(17)14-6-5-13(3)15(11-14)18-4/h5-6,11-12H,7-10H2,1-4H3. The molecule has 1 aromatic carbocycles. The highest BCUT2D eigenvalue weighted by Crippen LogP contribution is 2.19. The molecule has 0 heterocycles. The average Bonchev–Trinajstić information content (AvgIpc) is 2.42. The molecule has 0 aliphatic rings. The maximum Gasteiger partial charge on any atom is 0.338 e. The first-order valence-corrected chi connectivity index (χ1v) is 6.94. The van der Waals surface area contributed by atoms with E-state index in [4.69, 9.17) is 14.2 Å². The molecule has 0 bridgehead atoms. The summed E-state index contributed by atoms with van der Waals surface area (Å²) in [6.45, 7) is 7.63. The third-order valence-electron chi connectivity index (χ3n) is 2.94. The molecule has 20 heavy (non-hydrogen) atoms. The van der Waals surface area contributed by atoms with Crippen molar-refractivity contribution in [3.63, 3.8) is 0 Å². The van der Waals surface area contributed by atoms with Crippen LogP contribution < -0.4 is 4.74 Å². The lowest BCUT2D eigenvalue weighted by Crippen LogP contribution is -2.12. The van der Waals surface area contributed by atoms with Crippen molar-refractivity contribution in [1.29, 1.82) is 0 Å². The van der Waals surface area contributed by atoms with Crippen LogP contribution >= 0.6 is 0 Å². The van der Waals surface area contributed by atoms with Crippen LogP contribution in [-0.2, 0) is 9.47 Å². The van der Waals surface area contributed by atoms with Crippen LogP contribution in [0, 0.1) is 12.8 Å². The van der Waals surface area contributed by atoms with Crippen LogP contribution in [0.15, 0.2) is 18.2 Å². The van der Waals surface area contributed by atoms with Gasteiger partial charge in [-0.05, 0) is 37.0 Å². The second-order valence-corrected chi connectivity index (χ2v) is 5.12. The third kappa shape index (κ3) is 5.61. The smallest absolute Gasteiger partial charge is 0.338 e. The summed E-state index contributed by atoms with van der Waals surface area (Å²) in [6, 6.07) is 5.27. The molecule has 0 saturated heterocycles. The highest BCUT2D eigenvalue weighted by molar-refractivity contribution is 5.90. The van der Waals surface area contributed by atoms with E-state index in [9.17, 15) is 4.79 Å². The minimum absolute atomic E-state index is 0.271. The molecule has 0 aliphatic heterocycles. The second-order valence-electron chi connectivity index (χ2n) is 5.12. The fourth-order valence-corrected chi connectivity index (χ4v) is 1.64. The maximum absolute atomic E-state index is 11.8. The van der Waals surface area contributed by atoms with Gasteiger partial charge in [-0.3, -0.25) is 0 Å². The normalized spacial score (nSPS) is 10.7. The summed E-state index contributed by atoms with van der Waals surface area (Å²) in [6.07, 6.45) is 1.02. The molecule has 0 radical (unpaired) electrons. The Kier molecular flexibility index (Phi) is 7.09. The number of rotatable bonds is 8. The summed E-state index contributed by atoms with van der Waals surface area (Å²) in [5, 5.41) is 0. The van der Waals surface area contributed by atoms with E-state index in [-0.39, 0.29) is 12.6 Å². The molecular formula is C16H24O4. The van der Waals surface area contributed by atoms with E-state index >= 15 is 0 Å². The molecule has 0 unspecified atom stereocenters. The number of ether oxygens (including phenoxy) is 3. The second kappa shape index (κ2) is 8.59. The van der Waals surface area contributed by atoms with Gasteiger partial charge in [-0.15, -0.1) is 0 Å². The minimum atomic E-state index is -0.351. The molecule has 0 fully saturated rings. The summed E-state index contributed by atoms with van der Waals surface area (Å²) in [7, 11) is 1.58. The predicted molar refractivity (Wildman–Crippen MR) is 78.3 cm³/mol. The van der Waals surface area contributed by atoms with E-state index in [0.717, 1.165) is 12.0 Å². The Balaban J connectivity index is 2.32. The molecule has 0 atom stereocenters. The van der Waals surface area contributed by atoms with Crippen molar-refractivity contribution in [1.82, 2.24) is 0 Å². The predicted octanol–water partition coefficient (Wildman–Crippen LogP) is 3.22. The largest absolute Gasteiger partial charge is 0.496 e. The maximum atomic E-state index is 11.8. The van der Waals surface area contributed by atoms with E-state index in [1.807, 2.05) is 13.0 Å². The van der Waals surface area contributed by atoms with Gasteiger partial charge in [-0.1, -0.05) is 19.9 Å². The lowest BCUT2D eigenvalue weighted by atomic mass is 10.1. The van der Waals surface area contributed by atoms with Crippen LogP contribution in [0.4, 0.5) is 0 Å². The molecule has 0 spiro atoms. The van der Waals surface area contributed by atoms with Gasteiger partial charge in [0.1, 0.15) is 12.4 Å². The van der Waals surface area contributed by atoms with E-state index in [1.165, 1.54) is 0 Å². The van der Waals surface area contributed by atoms with Gasteiger partial charge in [-0.25, -0.2) is 4.79 Å². The molecule has 1 rings (SSSR count). The zero-order valence-electron chi connectivity index (χ0n) is 12.8. The molecule has 0 saturated carbocycles. The fourth-order valence-electron chi connectivity index (χ4n) is 1.64. The van der Waals surface area contributed by atoms with Gasteiger partial charge in [0.15, 0.2) is 0 Å². The van der Waals surface area contributed by atoms with Crippen LogP contribution in [-0.4, -0.2) is 32.9 Å². The Morgan fingerprint density at radius 2 is 1.95 bits per heavy atom. The quantitative estimate of drug-likeness (QED) is 0.542. The number of methoxy groups -OCH3 is 1. The highest BCUT2D eigenvalue weighted by Gasteiger charge is 2.09. The monoisotopic (exact) mass is 280 g/mol. The van der Waals surface area contributed by atoms with Crippen LogP contribution in [0.5, 0.6) is 5.75 Å². The van der Waals surface area contributed by atoms with E-state index in [0.29, 0.717) is 30.4 Å². The summed E-state index contributed by atoms with van der Waals surface area (Å²) in [4.78, 5) is 11.8. The van der Waals surface area contributed by atoms with Gasteiger partial charge in [0.25, 0.3) is 0 Å². The van der Waals surface area contributed by atoms with Crippen molar-refractivity contribution < 1.29 is 19.0 Å². The van der Waals surface area contributed by atoms with Crippen LogP contribution in [0.25, 0.3) is 0 Å². The topological polar surface area (TPSA) is 44.8 Å². The van der Waals surface area contributed by atoms with Crippen molar-refractivity contribution >= 4 is 5.97 Å². The molecule has 0 aliphatic carbocycles. The Hall–Kier alpha value is -1.55. The number of esters is 1. The highest BCUT2D eigenvalue weighted by atomic mass is 16.6. The summed E-state index contributed by atoms with van der Waals surface area (Å²) < 4.78 is 15.7. The third-order valence-corrected chi connectivity index (χ3v) is 2.94. The first-order valence-electron chi connectivity index (χ1n) is 6.94. The molecule has 0 aromatic heterocycles. The number of carbonyl (C=O) groups excluding carboxylic acids is 1. The van der Waals surface area contributed by atoms with Crippen LogP contribution in [0.1, 0.15) is 36.2 Å². The summed E-state index contributed by atoms with van der Waals surface area (Å²) in [5.41, 5.74) is 1.48. The van der Waals surface area contributed by atoms with Crippen LogP contribution in [0.3, 0.4) is 0 Å². The fraction of sp³-hybridized carbons (Fsp3) is 0.562. The van der Waals surface area contributed by atoms with E-state index < -0.39 is 0 Å². The van der Waals surface area contributed by atoms with Gasteiger partial charge in [0.2, 0.25) is 0 Å². The van der Waals surface area contributed by atoms with Crippen molar-refractivity contribution in [3.05, 3.63) is 29.3 Å². The number of carbonyl (C=O) groups is 1. The zero-order valence-corrected chi connectivity index (χ0v) is 12.8. The molecule has 112 valence electrons. The van der Waals surface area contributed by atoms with Gasteiger partial charge in [-0.2, -0.15) is 0 Å². The van der Waals surface area contributed by atoms with Gasteiger partial charge in [0, 0.05) is 6.61 Å². The summed E-state index contributed by atoms with van der Waals surface area (Å²) >= 11 is 0. The van der Waals surface area contributed by atoms with Gasteiger partial charge < -0.3 is 14.2 Å². The number of benzene rings is 1. The van der Waals surface area contributed by atoms with Gasteiger partial charge in [0.05, 0.1) is 19.3 Å². The molecule has 4 nitrogen and oxygen atoms in total. The number of hydrogen-bond donors (Lipinski definition) is 0. The minimum Gasteiger partial charge on any atom is -0.496 e. The molecule has 0 amide bonds. The average molecular weight is 280 g/mol. The molecule has 4 heteroatoms. The van der Waals surface area contributed by atoms with Crippen LogP contribution in [0.2, 0.25) is 0 Å². The van der Waals surface area contributed by atoms with E-state index in [1.54, 1.807) is 19.2 Å². The zero-order chi connectivity index (χ0) is 15.0. The Labute approximate surface area is 121 Å². The molecule has 0 N–H and O–H groups in total. The SMILES string of the molecule is COc1cc(C(=O)OCCOCCC(C)C)ccc1C. The first kappa shape index (κ1) is 16.5. The number of aryl methyl sites for hydroxylation is 1. The van der Waals surface area contributed by atoms with Crippen molar-refractivity contribution in [2.45, 2.75) is 27.2 Å². The Bertz CT molecular complexity index is 426. The number of hydrogen-bond acceptors (Lipinski definition) is 4. The summed E-state index contributed by atoms with van der Waals surface area (Å²) in [5.74, 6) is 0.959.